The minimum absolute atomic E-state index is 0.0735. The SMILES string of the molecule is NC(=O)C1CCC(N[C@H]2CCCC[C@@H]2O)CC1. The van der Waals surface area contributed by atoms with Crippen molar-refractivity contribution in [1.82, 2.24) is 5.32 Å². The number of nitrogens with two attached hydrogens (primary N) is 1. The molecule has 1 amide bonds. The van der Waals surface area contributed by atoms with E-state index in [1.807, 2.05) is 0 Å². The maximum absolute atomic E-state index is 11.1. The molecule has 0 aliphatic heterocycles. The van der Waals surface area contributed by atoms with E-state index in [0.29, 0.717) is 6.04 Å². The van der Waals surface area contributed by atoms with Crippen molar-refractivity contribution in [3.63, 3.8) is 0 Å². The molecule has 0 bridgehead atoms. The number of aliphatic hydroxyl groups excluding tert-OH is 1. The van der Waals surface area contributed by atoms with E-state index in [9.17, 15) is 9.90 Å². The van der Waals surface area contributed by atoms with E-state index in [0.717, 1.165) is 44.9 Å². The summed E-state index contributed by atoms with van der Waals surface area (Å²) in [5.41, 5.74) is 5.32. The van der Waals surface area contributed by atoms with Crippen molar-refractivity contribution in [2.45, 2.75) is 69.6 Å². The van der Waals surface area contributed by atoms with Crippen molar-refractivity contribution < 1.29 is 9.90 Å². The second-order valence-electron chi connectivity index (χ2n) is 5.58. The predicted molar refractivity (Wildman–Crippen MR) is 66.3 cm³/mol. The van der Waals surface area contributed by atoms with Crippen LogP contribution in [0.1, 0.15) is 51.4 Å². The van der Waals surface area contributed by atoms with Crippen LogP contribution in [0, 0.1) is 5.92 Å². The number of amides is 1. The number of carbonyl (C=O) groups excluding carboxylic acids is 1. The van der Waals surface area contributed by atoms with Crippen LogP contribution < -0.4 is 11.1 Å². The maximum Gasteiger partial charge on any atom is 0.220 e. The Morgan fingerprint density at radius 3 is 2.29 bits per heavy atom. The standard InChI is InChI=1S/C13H24N2O2/c14-13(17)9-5-7-10(8-6-9)15-11-3-1-2-4-12(11)16/h9-12,15-16H,1-8H2,(H2,14,17)/t9?,10?,11-,12-/m0/s1. The van der Waals surface area contributed by atoms with Crippen LogP contribution in [-0.4, -0.2) is 29.2 Å². The monoisotopic (exact) mass is 240 g/mol. The summed E-state index contributed by atoms with van der Waals surface area (Å²) in [5.74, 6) is -0.0783. The second-order valence-corrected chi connectivity index (χ2v) is 5.58. The van der Waals surface area contributed by atoms with Crippen LogP contribution in [-0.2, 0) is 4.79 Å². The molecule has 17 heavy (non-hydrogen) atoms. The first kappa shape index (κ1) is 12.8. The summed E-state index contributed by atoms with van der Waals surface area (Å²) in [4.78, 5) is 11.1. The van der Waals surface area contributed by atoms with E-state index in [4.69, 9.17) is 5.73 Å². The highest BCUT2D eigenvalue weighted by molar-refractivity contribution is 5.76. The van der Waals surface area contributed by atoms with Crippen LogP contribution in [0.5, 0.6) is 0 Å². The second kappa shape index (κ2) is 5.83. The molecule has 0 unspecified atom stereocenters. The molecule has 2 aliphatic rings. The molecule has 2 saturated carbocycles. The molecule has 0 aromatic heterocycles. The van der Waals surface area contributed by atoms with Gasteiger partial charge in [-0.05, 0) is 38.5 Å². The first-order valence-electron chi connectivity index (χ1n) is 6.90. The Balaban J connectivity index is 1.75. The van der Waals surface area contributed by atoms with Gasteiger partial charge in [0.25, 0.3) is 0 Å². The normalized spacial score (nSPS) is 38.9. The molecule has 98 valence electrons. The number of aliphatic hydroxyl groups is 1. The van der Waals surface area contributed by atoms with E-state index in [2.05, 4.69) is 5.32 Å². The molecular weight excluding hydrogens is 216 g/mol. The summed E-state index contributed by atoms with van der Waals surface area (Å²) < 4.78 is 0. The van der Waals surface area contributed by atoms with Gasteiger partial charge in [-0.25, -0.2) is 0 Å². The molecule has 0 heterocycles. The number of primary amides is 1. The Kier molecular flexibility index (Phi) is 4.40. The van der Waals surface area contributed by atoms with Crippen molar-refractivity contribution in [2.75, 3.05) is 0 Å². The van der Waals surface area contributed by atoms with Crippen LogP contribution in [0.4, 0.5) is 0 Å². The van der Waals surface area contributed by atoms with Gasteiger partial charge in [0.1, 0.15) is 0 Å². The smallest absolute Gasteiger partial charge is 0.220 e. The summed E-state index contributed by atoms with van der Waals surface area (Å²) in [6.07, 6.45) is 8.00. The van der Waals surface area contributed by atoms with Crippen molar-refractivity contribution >= 4 is 5.91 Å². The number of hydrogen-bond acceptors (Lipinski definition) is 3. The van der Waals surface area contributed by atoms with E-state index in [1.165, 1.54) is 6.42 Å². The molecule has 2 rings (SSSR count). The van der Waals surface area contributed by atoms with Crippen LogP contribution in [0.2, 0.25) is 0 Å². The lowest BCUT2D eigenvalue weighted by atomic mass is 9.84. The molecule has 4 nitrogen and oxygen atoms in total. The third-order valence-corrected chi connectivity index (χ3v) is 4.31. The van der Waals surface area contributed by atoms with Crippen molar-refractivity contribution in [3.8, 4) is 0 Å². The molecule has 4 heteroatoms. The van der Waals surface area contributed by atoms with Crippen LogP contribution in [0.25, 0.3) is 0 Å². The lowest BCUT2D eigenvalue weighted by molar-refractivity contribution is -0.122. The van der Waals surface area contributed by atoms with Crippen molar-refractivity contribution in [3.05, 3.63) is 0 Å². The predicted octanol–water partition coefficient (Wildman–Crippen LogP) is 0.924. The van der Waals surface area contributed by atoms with Gasteiger partial charge >= 0.3 is 0 Å². The van der Waals surface area contributed by atoms with Gasteiger partial charge in [0.15, 0.2) is 0 Å². The maximum atomic E-state index is 11.1. The molecule has 0 spiro atoms. The van der Waals surface area contributed by atoms with Gasteiger partial charge < -0.3 is 16.2 Å². The molecule has 4 N–H and O–H groups in total. The quantitative estimate of drug-likeness (QED) is 0.686. The summed E-state index contributed by atoms with van der Waals surface area (Å²) in [6.45, 7) is 0. The molecule has 0 saturated heterocycles. The Morgan fingerprint density at radius 1 is 1.06 bits per heavy atom. The zero-order valence-corrected chi connectivity index (χ0v) is 10.4. The topological polar surface area (TPSA) is 75.4 Å². The lowest BCUT2D eigenvalue weighted by Crippen LogP contribution is -2.48. The number of nitrogens with one attached hydrogen (secondary N) is 1. The van der Waals surface area contributed by atoms with Gasteiger partial charge in [-0.3, -0.25) is 4.79 Å². The van der Waals surface area contributed by atoms with E-state index >= 15 is 0 Å². The van der Waals surface area contributed by atoms with Gasteiger partial charge in [-0.2, -0.15) is 0 Å². The first-order chi connectivity index (χ1) is 8.16. The Bertz CT molecular complexity index is 262. The molecule has 0 aromatic rings. The van der Waals surface area contributed by atoms with E-state index < -0.39 is 0 Å². The molecular formula is C13H24N2O2. The van der Waals surface area contributed by atoms with E-state index in [-0.39, 0.29) is 24.0 Å². The minimum atomic E-state index is -0.183. The zero-order chi connectivity index (χ0) is 12.3. The fourth-order valence-electron chi connectivity index (χ4n) is 3.15. The highest BCUT2D eigenvalue weighted by atomic mass is 16.3. The molecule has 0 radical (unpaired) electrons. The Labute approximate surface area is 103 Å². The van der Waals surface area contributed by atoms with Gasteiger partial charge in [0.05, 0.1) is 6.10 Å². The summed E-state index contributed by atoms with van der Waals surface area (Å²) in [7, 11) is 0. The van der Waals surface area contributed by atoms with Gasteiger partial charge in [0, 0.05) is 18.0 Å². The average Bonchev–Trinajstić information content (AvgIpc) is 2.33. The number of hydrogen-bond donors (Lipinski definition) is 3. The molecule has 2 fully saturated rings. The summed E-state index contributed by atoms with van der Waals surface area (Å²) >= 11 is 0. The van der Waals surface area contributed by atoms with E-state index in [1.54, 1.807) is 0 Å². The molecule has 2 aliphatic carbocycles. The number of carbonyl (C=O) groups is 1. The fourth-order valence-corrected chi connectivity index (χ4v) is 3.15. The average molecular weight is 240 g/mol. The van der Waals surface area contributed by atoms with Gasteiger partial charge in [-0.1, -0.05) is 12.8 Å². The highest BCUT2D eigenvalue weighted by Crippen LogP contribution is 2.26. The van der Waals surface area contributed by atoms with Gasteiger partial charge in [-0.15, -0.1) is 0 Å². The van der Waals surface area contributed by atoms with Crippen molar-refractivity contribution in [2.24, 2.45) is 11.7 Å². The molecule has 2 atom stereocenters. The third-order valence-electron chi connectivity index (χ3n) is 4.31. The van der Waals surface area contributed by atoms with Crippen LogP contribution >= 0.6 is 0 Å². The van der Waals surface area contributed by atoms with Gasteiger partial charge in [0.2, 0.25) is 5.91 Å². The fraction of sp³-hybridized carbons (Fsp3) is 0.923. The summed E-state index contributed by atoms with van der Waals surface area (Å²) in [6, 6.07) is 0.724. The Morgan fingerprint density at radius 2 is 1.71 bits per heavy atom. The van der Waals surface area contributed by atoms with Crippen LogP contribution in [0.15, 0.2) is 0 Å². The minimum Gasteiger partial charge on any atom is -0.392 e. The molecule has 0 aromatic carbocycles. The Hall–Kier alpha value is -0.610. The number of rotatable bonds is 3. The summed E-state index contributed by atoms with van der Waals surface area (Å²) in [5, 5.41) is 13.5. The third kappa shape index (κ3) is 3.42. The van der Waals surface area contributed by atoms with Crippen molar-refractivity contribution in [1.29, 1.82) is 0 Å². The van der Waals surface area contributed by atoms with Crippen LogP contribution in [0.3, 0.4) is 0 Å². The highest BCUT2D eigenvalue weighted by Gasteiger charge is 2.29. The largest absolute Gasteiger partial charge is 0.392 e. The zero-order valence-electron chi connectivity index (χ0n) is 10.4. The lowest BCUT2D eigenvalue weighted by Gasteiger charge is -2.35. The first-order valence-corrected chi connectivity index (χ1v) is 6.90.